The van der Waals surface area contributed by atoms with Crippen molar-refractivity contribution in [1.82, 2.24) is 0 Å². The van der Waals surface area contributed by atoms with Crippen LogP contribution in [0.1, 0.15) is 81.2 Å². The molecule has 1 aliphatic carbocycles. The summed E-state index contributed by atoms with van der Waals surface area (Å²) in [6.07, 6.45) is -6.79. The van der Waals surface area contributed by atoms with Gasteiger partial charge in [-0.1, -0.05) is 50.2 Å². The van der Waals surface area contributed by atoms with Crippen LogP contribution in [0.3, 0.4) is 0 Å². The lowest BCUT2D eigenvalue weighted by atomic mass is 9.82. The highest BCUT2D eigenvalue weighted by Gasteiger charge is 2.29. The number of nitrogens with one attached hydrogen (secondary N) is 1. The lowest BCUT2D eigenvalue weighted by Gasteiger charge is -2.27. The third kappa shape index (κ3) is 10.5. The van der Waals surface area contributed by atoms with Crippen molar-refractivity contribution in [2.75, 3.05) is 42.5 Å². The van der Waals surface area contributed by atoms with Crippen molar-refractivity contribution in [1.29, 1.82) is 0 Å². The zero-order valence-electron chi connectivity index (χ0n) is 29.1. The highest BCUT2D eigenvalue weighted by Crippen LogP contribution is 2.39. The highest BCUT2D eigenvalue weighted by molar-refractivity contribution is 6.17. The topological polar surface area (TPSA) is 20.5 Å². The summed E-state index contributed by atoms with van der Waals surface area (Å²) in [6, 6.07) is 22.4. The van der Waals surface area contributed by atoms with Gasteiger partial charge in [-0.2, -0.15) is 26.3 Å². The van der Waals surface area contributed by atoms with Gasteiger partial charge in [0.2, 0.25) is 5.71 Å². The number of nitrogens with zero attached hydrogens (tertiary/aromatic N) is 2. The molecule has 0 aromatic heterocycles. The first-order valence-electron chi connectivity index (χ1n) is 17.2. The number of rotatable bonds is 14. The number of allylic oxidation sites excluding steroid dienone is 3. The fourth-order valence-electron chi connectivity index (χ4n) is 6.30. The summed E-state index contributed by atoms with van der Waals surface area (Å²) in [7, 11) is 0. The van der Waals surface area contributed by atoms with Crippen LogP contribution in [-0.4, -0.2) is 50.8 Å². The molecular formula is C40H48F6N3+. The van der Waals surface area contributed by atoms with Gasteiger partial charge in [0.05, 0.1) is 5.56 Å². The molecule has 0 saturated carbocycles. The van der Waals surface area contributed by atoms with Gasteiger partial charge in [-0.25, -0.2) is 4.99 Å². The maximum atomic E-state index is 13.0. The van der Waals surface area contributed by atoms with E-state index in [-0.39, 0.29) is 25.9 Å². The summed E-state index contributed by atoms with van der Waals surface area (Å²) in [5.74, 6) is 0.465. The SMILES string of the molecule is CCN(CC)c1ccc(C(=C2C=CC(=[NH+]CC(C)C)c3ccccc32)c2ccc(N(CCCC(F)(F)F)CCCC(F)(F)F)cc2C)cc1. The van der Waals surface area contributed by atoms with Gasteiger partial charge < -0.3 is 9.80 Å². The van der Waals surface area contributed by atoms with E-state index in [0.29, 0.717) is 11.6 Å². The van der Waals surface area contributed by atoms with Gasteiger partial charge in [0.15, 0.2) is 0 Å². The Balaban J connectivity index is 1.84. The van der Waals surface area contributed by atoms with Crippen LogP contribution < -0.4 is 14.8 Å². The largest absolute Gasteiger partial charge is 0.389 e. The number of alkyl halides is 6. The van der Waals surface area contributed by atoms with E-state index in [0.717, 1.165) is 70.0 Å². The van der Waals surface area contributed by atoms with E-state index in [9.17, 15) is 26.3 Å². The normalized spacial score (nSPS) is 15.1. The molecule has 0 fully saturated rings. The van der Waals surface area contributed by atoms with Gasteiger partial charge in [0.25, 0.3) is 0 Å². The predicted molar refractivity (Wildman–Crippen MR) is 190 cm³/mol. The number of aryl methyl sites for hydroxylation is 1. The molecule has 0 aliphatic heterocycles. The third-order valence-electron chi connectivity index (χ3n) is 8.80. The maximum absolute atomic E-state index is 13.0. The Morgan fingerprint density at radius 3 is 1.82 bits per heavy atom. The number of halogens is 6. The van der Waals surface area contributed by atoms with Crippen LogP contribution >= 0.6 is 0 Å². The van der Waals surface area contributed by atoms with Crippen molar-refractivity contribution < 1.29 is 31.3 Å². The van der Waals surface area contributed by atoms with E-state index in [2.05, 4.69) is 86.1 Å². The third-order valence-corrected chi connectivity index (χ3v) is 8.80. The van der Waals surface area contributed by atoms with Crippen LogP contribution in [0.25, 0.3) is 11.1 Å². The average molecular weight is 685 g/mol. The summed E-state index contributed by atoms with van der Waals surface area (Å²) in [5, 5.41) is 0. The van der Waals surface area contributed by atoms with Crippen LogP contribution in [0, 0.1) is 12.8 Å². The van der Waals surface area contributed by atoms with Gasteiger partial charge >= 0.3 is 12.4 Å². The Morgan fingerprint density at radius 2 is 1.29 bits per heavy atom. The second-order valence-electron chi connectivity index (χ2n) is 13.0. The van der Waals surface area contributed by atoms with E-state index < -0.39 is 25.2 Å². The highest BCUT2D eigenvalue weighted by atomic mass is 19.4. The van der Waals surface area contributed by atoms with Crippen molar-refractivity contribution in [3.63, 3.8) is 0 Å². The number of hydrogen-bond acceptors (Lipinski definition) is 2. The van der Waals surface area contributed by atoms with Crippen LogP contribution in [-0.2, 0) is 0 Å². The molecule has 49 heavy (non-hydrogen) atoms. The fourth-order valence-corrected chi connectivity index (χ4v) is 6.30. The van der Waals surface area contributed by atoms with Crippen LogP contribution in [0.2, 0.25) is 0 Å². The van der Waals surface area contributed by atoms with Crippen molar-refractivity contribution in [3.8, 4) is 0 Å². The van der Waals surface area contributed by atoms with Crippen molar-refractivity contribution in [2.45, 2.75) is 72.7 Å². The lowest BCUT2D eigenvalue weighted by molar-refractivity contribution is -0.463. The number of anilines is 2. The van der Waals surface area contributed by atoms with E-state index in [1.807, 2.05) is 37.3 Å². The molecule has 0 atom stereocenters. The minimum atomic E-state index is -4.33. The van der Waals surface area contributed by atoms with E-state index >= 15 is 0 Å². The number of hydrogen-bond donors (Lipinski definition) is 1. The molecule has 1 aliphatic rings. The van der Waals surface area contributed by atoms with Crippen LogP contribution in [0.5, 0.6) is 0 Å². The Bertz CT molecular complexity index is 1610. The number of benzene rings is 3. The fraction of sp³-hybridized carbons (Fsp3) is 0.425. The first-order chi connectivity index (χ1) is 23.2. The van der Waals surface area contributed by atoms with Gasteiger partial charge in [0, 0.05) is 62.4 Å². The van der Waals surface area contributed by atoms with E-state index in [4.69, 9.17) is 0 Å². The van der Waals surface area contributed by atoms with Crippen molar-refractivity contribution in [2.24, 2.45) is 5.92 Å². The molecule has 264 valence electrons. The molecule has 3 aromatic carbocycles. The first kappa shape index (κ1) is 37.8. The molecule has 1 N–H and O–H groups in total. The summed E-state index contributed by atoms with van der Waals surface area (Å²) >= 11 is 0. The summed E-state index contributed by atoms with van der Waals surface area (Å²) in [4.78, 5) is 7.52. The minimum absolute atomic E-state index is 0.00895. The zero-order valence-corrected chi connectivity index (χ0v) is 29.1. The van der Waals surface area contributed by atoms with Crippen molar-refractivity contribution >= 4 is 28.2 Å². The predicted octanol–water partition coefficient (Wildman–Crippen LogP) is 9.39. The number of fused-ring (bicyclic) bond motifs is 1. The molecule has 3 nitrogen and oxygen atoms in total. The molecular weight excluding hydrogens is 636 g/mol. The van der Waals surface area contributed by atoms with Gasteiger partial charge in [0.1, 0.15) is 6.54 Å². The summed E-state index contributed by atoms with van der Waals surface area (Å²) in [5.41, 5.74) is 9.80. The zero-order chi connectivity index (χ0) is 35.8. The second-order valence-corrected chi connectivity index (χ2v) is 13.0. The smallest absolute Gasteiger partial charge is 0.372 e. The molecule has 3 aromatic rings. The van der Waals surface area contributed by atoms with E-state index in [1.54, 1.807) is 4.90 Å². The van der Waals surface area contributed by atoms with Gasteiger partial charge in [-0.05, 0) is 103 Å². The Morgan fingerprint density at radius 1 is 0.714 bits per heavy atom. The molecule has 0 amide bonds. The molecule has 0 spiro atoms. The Hall–Kier alpha value is -4.01. The molecule has 4 rings (SSSR count). The maximum Gasteiger partial charge on any atom is 0.389 e. The molecule has 0 radical (unpaired) electrons. The quantitative estimate of drug-likeness (QED) is 0.171. The van der Waals surface area contributed by atoms with Crippen LogP contribution in [0.15, 0.2) is 78.9 Å². The Labute approximate surface area is 287 Å². The lowest BCUT2D eigenvalue weighted by Crippen LogP contribution is -2.74. The van der Waals surface area contributed by atoms with Gasteiger partial charge in [-0.3, -0.25) is 0 Å². The Kier molecular flexibility index (Phi) is 12.8. The monoisotopic (exact) mass is 684 g/mol. The van der Waals surface area contributed by atoms with Crippen molar-refractivity contribution in [3.05, 3.63) is 107 Å². The minimum Gasteiger partial charge on any atom is -0.372 e. The summed E-state index contributed by atoms with van der Waals surface area (Å²) < 4.78 is 78.0. The molecule has 0 heterocycles. The second kappa shape index (κ2) is 16.6. The molecule has 9 heteroatoms. The van der Waals surface area contributed by atoms with Crippen LogP contribution in [0.4, 0.5) is 37.7 Å². The standard InChI is InChI=1S/C40H47F6N3/c1-6-48(7-2)31-16-14-30(15-17-31)38(36-20-21-37(47-27-28(3)4)35-13-9-8-12-34(35)36)33-19-18-32(26-29(33)5)49(24-10-22-39(41,42)43)25-11-23-40(44,45)46/h8-9,12-21,26,28H,6-7,10-11,22-25,27H2,1-5H3/p+1. The first-order valence-corrected chi connectivity index (χ1v) is 17.2. The summed E-state index contributed by atoms with van der Waals surface area (Å²) in [6.45, 7) is 13.1. The molecule has 0 unspecified atom stereocenters. The molecule has 0 saturated heterocycles. The van der Waals surface area contributed by atoms with E-state index in [1.165, 1.54) is 0 Å². The molecule has 0 bridgehead atoms. The average Bonchev–Trinajstić information content (AvgIpc) is 3.04. The van der Waals surface area contributed by atoms with Gasteiger partial charge in [-0.15, -0.1) is 0 Å².